The van der Waals surface area contributed by atoms with Crippen LogP contribution in [0.25, 0.3) is 0 Å². The molecule has 5 nitrogen and oxygen atoms in total. The number of ether oxygens (including phenoxy) is 3. The average molecular weight is 274 g/mol. The summed E-state index contributed by atoms with van der Waals surface area (Å²) in [6.07, 6.45) is -0.530. The van der Waals surface area contributed by atoms with Crippen molar-refractivity contribution >= 4 is 23.4 Å². The molecule has 0 heterocycles. The van der Waals surface area contributed by atoms with Crippen LogP contribution in [-0.2, 0) is 9.47 Å². The maximum absolute atomic E-state index is 11.4. The van der Waals surface area contributed by atoms with Crippen LogP contribution in [0.2, 0.25) is 0 Å². The highest BCUT2D eigenvalue weighted by atomic mass is 35.5. The first-order chi connectivity index (χ1) is 8.76. The van der Waals surface area contributed by atoms with Crippen molar-refractivity contribution in [3.05, 3.63) is 24.3 Å². The Morgan fingerprint density at radius 3 is 2.89 bits per heavy atom. The molecule has 0 radical (unpaired) electrons. The minimum absolute atomic E-state index is 0.187. The lowest BCUT2D eigenvalue weighted by Gasteiger charge is -2.08. The Morgan fingerprint density at radius 1 is 1.33 bits per heavy atom. The SMILES string of the molecule is COc1cccc(NC(=O)OCCOCCCl)c1. The zero-order chi connectivity index (χ0) is 13.2. The summed E-state index contributed by atoms with van der Waals surface area (Å²) in [7, 11) is 1.56. The molecule has 1 N–H and O–H groups in total. The third-order valence-corrected chi connectivity index (χ3v) is 2.15. The van der Waals surface area contributed by atoms with Crippen molar-refractivity contribution in [1.82, 2.24) is 0 Å². The second-order valence-corrected chi connectivity index (χ2v) is 3.67. The van der Waals surface area contributed by atoms with E-state index in [1.807, 2.05) is 0 Å². The molecule has 0 aliphatic heterocycles. The van der Waals surface area contributed by atoms with E-state index < -0.39 is 6.09 Å². The summed E-state index contributed by atoms with van der Waals surface area (Å²) in [5.41, 5.74) is 0.612. The molecule has 100 valence electrons. The third-order valence-electron chi connectivity index (χ3n) is 2.00. The van der Waals surface area contributed by atoms with Crippen molar-refractivity contribution in [3.8, 4) is 5.75 Å². The number of nitrogens with one attached hydrogen (secondary N) is 1. The van der Waals surface area contributed by atoms with Crippen LogP contribution >= 0.6 is 11.6 Å². The molecule has 0 bridgehead atoms. The summed E-state index contributed by atoms with van der Waals surface area (Å²) in [5, 5.41) is 2.58. The molecule has 18 heavy (non-hydrogen) atoms. The largest absolute Gasteiger partial charge is 0.497 e. The van der Waals surface area contributed by atoms with Crippen LogP contribution < -0.4 is 10.1 Å². The minimum Gasteiger partial charge on any atom is -0.497 e. The maximum atomic E-state index is 11.4. The molecule has 0 spiro atoms. The molecule has 0 fully saturated rings. The van der Waals surface area contributed by atoms with Gasteiger partial charge in [0, 0.05) is 17.6 Å². The predicted molar refractivity (Wildman–Crippen MR) is 69.5 cm³/mol. The van der Waals surface area contributed by atoms with Gasteiger partial charge in [0.15, 0.2) is 0 Å². The van der Waals surface area contributed by atoms with Crippen molar-refractivity contribution in [2.45, 2.75) is 0 Å². The zero-order valence-electron chi connectivity index (χ0n) is 10.1. The molecule has 1 aromatic carbocycles. The predicted octanol–water partition coefficient (Wildman–Crippen LogP) is 2.50. The number of halogens is 1. The van der Waals surface area contributed by atoms with Gasteiger partial charge in [-0.15, -0.1) is 11.6 Å². The topological polar surface area (TPSA) is 56.8 Å². The zero-order valence-corrected chi connectivity index (χ0v) is 10.9. The van der Waals surface area contributed by atoms with Crippen LogP contribution in [0.4, 0.5) is 10.5 Å². The van der Waals surface area contributed by atoms with E-state index in [4.69, 9.17) is 25.8 Å². The number of amides is 1. The van der Waals surface area contributed by atoms with Crippen molar-refractivity contribution in [3.63, 3.8) is 0 Å². The second-order valence-electron chi connectivity index (χ2n) is 3.29. The van der Waals surface area contributed by atoms with E-state index in [1.165, 1.54) is 0 Å². The van der Waals surface area contributed by atoms with E-state index in [0.29, 0.717) is 30.5 Å². The molecule has 0 atom stereocenters. The Hall–Kier alpha value is -1.46. The van der Waals surface area contributed by atoms with Gasteiger partial charge in [0.25, 0.3) is 0 Å². The van der Waals surface area contributed by atoms with E-state index >= 15 is 0 Å². The summed E-state index contributed by atoms with van der Waals surface area (Å²) >= 11 is 5.42. The first kappa shape index (κ1) is 14.6. The highest BCUT2D eigenvalue weighted by molar-refractivity contribution is 6.17. The Morgan fingerprint density at radius 2 is 2.17 bits per heavy atom. The number of hydrogen-bond acceptors (Lipinski definition) is 4. The third kappa shape index (κ3) is 5.75. The van der Waals surface area contributed by atoms with E-state index in [9.17, 15) is 4.79 Å². The lowest BCUT2D eigenvalue weighted by Crippen LogP contribution is -2.17. The van der Waals surface area contributed by atoms with Gasteiger partial charge in [-0.25, -0.2) is 4.79 Å². The van der Waals surface area contributed by atoms with Gasteiger partial charge in [0.2, 0.25) is 0 Å². The number of rotatable bonds is 7. The van der Waals surface area contributed by atoms with E-state index in [1.54, 1.807) is 31.4 Å². The normalized spacial score (nSPS) is 9.89. The highest BCUT2D eigenvalue weighted by Crippen LogP contribution is 2.16. The lowest BCUT2D eigenvalue weighted by atomic mass is 10.3. The smallest absolute Gasteiger partial charge is 0.411 e. The van der Waals surface area contributed by atoms with Crippen molar-refractivity contribution in [2.75, 3.05) is 38.1 Å². The Labute approximate surface area is 111 Å². The number of benzene rings is 1. The molecule has 1 amide bonds. The van der Waals surface area contributed by atoms with Gasteiger partial charge in [-0.3, -0.25) is 5.32 Å². The van der Waals surface area contributed by atoms with Gasteiger partial charge in [0.1, 0.15) is 12.4 Å². The summed E-state index contributed by atoms with van der Waals surface area (Å²) in [6.45, 7) is 0.966. The van der Waals surface area contributed by atoms with E-state index in [0.717, 1.165) is 0 Å². The van der Waals surface area contributed by atoms with Gasteiger partial charge >= 0.3 is 6.09 Å². The summed E-state index contributed by atoms with van der Waals surface area (Å²) in [5.74, 6) is 1.09. The van der Waals surface area contributed by atoms with E-state index in [2.05, 4.69) is 5.32 Å². The van der Waals surface area contributed by atoms with Crippen molar-refractivity contribution in [2.24, 2.45) is 0 Å². The lowest BCUT2D eigenvalue weighted by molar-refractivity contribution is 0.0859. The van der Waals surface area contributed by atoms with Gasteiger partial charge in [0.05, 0.1) is 20.3 Å². The Kier molecular flexibility index (Phi) is 6.98. The number of anilines is 1. The van der Waals surface area contributed by atoms with Crippen LogP contribution in [0.15, 0.2) is 24.3 Å². The molecule has 6 heteroatoms. The molecule has 1 rings (SSSR count). The molecule has 0 aliphatic rings. The molecule has 0 unspecified atom stereocenters. The molecular weight excluding hydrogens is 258 g/mol. The summed E-state index contributed by atoms with van der Waals surface area (Å²) in [4.78, 5) is 11.4. The van der Waals surface area contributed by atoms with Gasteiger partial charge < -0.3 is 14.2 Å². The quantitative estimate of drug-likeness (QED) is 0.613. The Balaban J connectivity index is 2.26. The fourth-order valence-electron chi connectivity index (χ4n) is 1.20. The minimum atomic E-state index is -0.530. The molecule has 0 saturated heterocycles. The molecule has 0 aliphatic carbocycles. The average Bonchev–Trinajstić information content (AvgIpc) is 2.38. The molecular formula is C12H16ClNO4. The number of alkyl halides is 1. The Bertz CT molecular complexity index is 373. The van der Waals surface area contributed by atoms with Crippen molar-refractivity contribution < 1.29 is 19.0 Å². The molecule has 0 saturated carbocycles. The van der Waals surface area contributed by atoms with Gasteiger partial charge in [-0.2, -0.15) is 0 Å². The monoisotopic (exact) mass is 273 g/mol. The summed E-state index contributed by atoms with van der Waals surface area (Å²) < 4.78 is 15.0. The van der Waals surface area contributed by atoms with Crippen LogP contribution in [-0.4, -0.2) is 38.9 Å². The van der Waals surface area contributed by atoms with Crippen LogP contribution in [0.3, 0.4) is 0 Å². The van der Waals surface area contributed by atoms with Crippen LogP contribution in [0.1, 0.15) is 0 Å². The first-order valence-corrected chi connectivity index (χ1v) is 6.01. The van der Waals surface area contributed by atoms with E-state index in [-0.39, 0.29) is 6.61 Å². The summed E-state index contributed by atoms with van der Waals surface area (Å²) in [6, 6.07) is 7.01. The molecule has 0 aromatic heterocycles. The molecule has 1 aromatic rings. The standard InChI is InChI=1S/C12H16ClNO4/c1-16-11-4-2-3-10(9-11)14-12(15)18-8-7-17-6-5-13/h2-4,9H,5-8H2,1H3,(H,14,15). The van der Waals surface area contributed by atoms with Gasteiger partial charge in [-0.05, 0) is 12.1 Å². The maximum Gasteiger partial charge on any atom is 0.411 e. The number of hydrogen-bond donors (Lipinski definition) is 1. The van der Waals surface area contributed by atoms with Crippen LogP contribution in [0, 0.1) is 0 Å². The van der Waals surface area contributed by atoms with Crippen molar-refractivity contribution in [1.29, 1.82) is 0 Å². The number of carbonyl (C=O) groups excluding carboxylic acids is 1. The highest BCUT2D eigenvalue weighted by Gasteiger charge is 2.03. The number of methoxy groups -OCH3 is 1. The second kappa shape index (κ2) is 8.60. The van der Waals surface area contributed by atoms with Crippen LogP contribution in [0.5, 0.6) is 5.75 Å². The number of carbonyl (C=O) groups is 1. The van der Waals surface area contributed by atoms with Gasteiger partial charge in [-0.1, -0.05) is 6.07 Å². The first-order valence-electron chi connectivity index (χ1n) is 5.48. The fourth-order valence-corrected chi connectivity index (χ4v) is 1.31. The fraction of sp³-hybridized carbons (Fsp3) is 0.417.